The van der Waals surface area contributed by atoms with E-state index in [2.05, 4.69) is 44.2 Å². The second-order valence-electron chi connectivity index (χ2n) is 10.6. The minimum atomic E-state index is 0.00782. The van der Waals surface area contributed by atoms with Crippen molar-refractivity contribution in [2.75, 3.05) is 13.2 Å². The highest BCUT2D eigenvalue weighted by molar-refractivity contribution is 6.30. The van der Waals surface area contributed by atoms with E-state index in [-0.39, 0.29) is 18.5 Å². The Bertz CT molecular complexity index is 1200. The molecule has 4 heteroatoms. The van der Waals surface area contributed by atoms with Crippen LogP contribution in [0.1, 0.15) is 77.7 Å². The van der Waals surface area contributed by atoms with E-state index >= 15 is 0 Å². The van der Waals surface area contributed by atoms with Gasteiger partial charge in [0.15, 0.2) is 12.4 Å². The molecule has 3 nitrogen and oxygen atoms in total. The molecule has 0 spiro atoms. The first-order valence-corrected chi connectivity index (χ1v) is 13.6. The molecule has 3 aromatic rings. The maximum absolute atomic E-state index is 12.9. The normalized spacial score (nSPS) is 21.7. The Labute approximate surface area is 219 Å². The fourth-order valence-electron chi connectivity index (χ4n) is 5.72. The summed E-state index contributed by atoms with van der Waals surface area (Å²) in [6, 6.07) is 22.4. The summed E-state index contributed by atoms with van der Waals surface area (Å²) in [4.78, 5) is 12.9. The third-order valence-corrected chi connectivity index (χ3v) is 8.10. The molecule has 3 atom stereocenters. The fraction of sp³-hybridized carbons (Fsp3) is 0.406. The number of benzene rings is 3. The van der Waals surface area contributed by atoms with Gasteiger partial charge in [0.25, 0.3) is 0 Å². The van der Waals surface area contributed by atoms with Crippen LogP contribution in [0.2, 0.25) is 5.02 Å². The van der Waals surface area contributed by atoms with Gasteiger partial charge in [-0.05, 0) is 96.5 Å². The quantitative estimate of drug-likeness (QED) is 0.307. The molecule has 1 aliphatic carbocycles. The van der Waals surface area contributed by atoms with Gasteiger partial charge in [0.1, 0.15) is 5.75 Å². The van der Waals surface area contributed by atoms with Gasteiger partial charge in [0, 0.05) is 16.5 Å². The molecule has 0 bridgehead atoms. The van der Waals surface area contributed by atoms with E-state index in [4.69, 9.17) is 21.1 Å². The van der Waals surface area contributed by atoms with Crippen molar-refractivity contribution >= 4 is 17.4 Å². The second kappa shape index (κ2) is 11.2. The second-order valence-corrected chi connectivity index (χ2v) is 11.1. The minimum Gasteiger partial charge on any atom is -0.485 e. The van der Waals surface area contributed by atoms with Crippen LogP contribution in [0.3, 0.4) is 0 Å². The Morgan fingerprint density at radius 2 is 1.75 bits per heavy atom. The van der Waals surface area contributed by atoms with Gasteiger partial charge in [0.2, 0.25) is 0 Å². The first-order valence-electron chi connectivity index (χ1n) is 13.2. The maximum Gasteiger partial charge on any atom is 0.200 e. The first kappa shape index (κ1) is 25.0. The largest absolute Gasteiger partial charge is 0.485 e. The average molecular weight is 503 g/mol. The van der Waals surface area contributed by atoms with Crippen LogP contribution in [-0.4, -0.2) is 19.0 Å². The zero-order chi connectivity index (χ0) is 25.1. The third kappa shape index (κ3) is 5.68. The maximum atomic E-state index is 12.9. The number of ether oxygens (including phenoxy) is 2. The fourth-order valence-corrected chi connectivity index (χ4v) is 5.84. The molecule has 0 saturated carbocycles. The van der Waals surface area contributed by atoms with Crippen LogP contribution in [0.25, 0.3) is 0 Å². The number of carbonyl (C=O) groups is 1. The Kier molecular flexibility index (Phi) is 7.79. The Morgan fingerprint density at radius 3 is 2.53 bits per heavy atom. The molecular formula is C32H35ClO3. The van der Waals surface area contributed by atoms with Crippen molar-refractivity contribution in [3.63, 3.8) is 0 Å². The zero-order valence-corrected chi connectivity index (χ0v) is 22.0. The van der Waals surface area contributed by atoms with E-state index in [1.807, 2.05) is 36.4 Å². The van der Waals surface area contributed by atoms with Gasteiger partial charge < -0.3 is 9.47 Å². The number of carbonyl (C=O) groups excluding carboxylic acids is 1. The van der Waals surface area contributed by atoms with Gasteiger partial charge in [-0.2, -0.15) is 0 Å². The predicted octanol–water partition coefficient (Wildman–Crippen LogP) is 8.00. The average Bonchev–Trinajstić information content (AvgIpc) is 2.91. The minimum absolute atomic E-state index is 0.00782. The molecule has 188 valence electrons. The van der Waals surface area contributed by atoms with Crippen LogP contribution in [0.15, 0.2) is 66.7 Å². The molecule has 0 unspecified atom stereocenters. The molecule has 5 rings (SSSR count). The smallest absolute Gasteiger partial charge is 0.200 e. The molecule has 2 aliphatic rings. The van der Waals surface area contributed by atoms with Crippen LogP contribution >= 0.6 is 11.6 Å². The summed E-state index contributed by atoms with van der Waals surface area (Å²) in [5, 5.41) is 0.760. The van der Waals surface area contributed by atoms with Crippen LogP contribution < -0.4 is 4.74 Å². The van der Waals surface area contributed by atoms with Gasteiger partial charge in [-0.25, -0.2) is 0 Å². The number of hydrogen-bond donors (Lipinski definition) is 0. The summed E-state index contributed by atoms with van der Waals surface area (Å²) in [5.74, 6) is 1.95. The summed E-state index contributed by atoms with van der Waals surface area (Å²) in [6.45, 7) is 5.25. The van der Waals surface area contributed by atoms with Crippen LogP contribution in [0.5, 0.6) is 5.75 Å². The highest BCUT2D eigenvalue weighted by Crippen LogP contribution is 2.44. The van der Waals surface area contributed by atoms with Crippen molar-refractivity contribution in [2.24, 2.45) is 11.8 Å². The van der Waals surface area contributed by atoms with Gasteiger partial charge in [-0.3, -0.25) is 4.79 Å². The van der Waals surface area contributed by atoms with E-state index in [1.165, 1.54) is 29.5 Å². The number of rotatable bonds is 7. The van der Waals surface area contributed by atoms with Crippen molar-refractivity contribution < 1.29 is 14.3 Å². The topological polar surface area (TPSA) is 35.5 Å². The van der Waals surface area contributed by atoms with Crippen LogP contribution in [-0.2, 0) is 17.6 Å². The molecule has 0 aromatic heterocycles. The molecule has 0 amide bonds. The Morgan fingerprint density at radius 1 is 0.972 bits per heavy atom. The third-order valence-electron chi connectivity index (χ3n) is 7.85. The van der Waals surface area contributed by atoms with E-state index in [1.54, 1.807) is 0 Å². The van der Waals surface area contributed by atoms with Crippen molar-refractivity contribution in [2.45, 2.75) is 58.0 Å². The molecule has 1 heterocycles. The van der Waals surface area contributed by atoms with Crippen LogP contribution in [0, 0.1) is 11.8 Å². The molecule has 36 heavy (non-hydrogen) atoms. The lowest BCUT2D eigenvalue weighted by atomic mass is 9.76. The molecule has 0 radical (unpaired) electrons. The van der Waals surface area contributed by atoms with E-state index < -0.39 is 0 Å². The van der Waals surface area contributed by atoms with Gasteiger partial charge >= 0.3 is 0 Å². The first-order chi connectivity index (χ1) is 17.5. The lowest BCUT2D eigenvalue weighted by Crippen LogP contribution is -2.31. The molecule has 0 N–H and O–H groups in total. The molecule has 1 saturated heterocycles. The highest BCUT2D eigenvalue weighted by atomic mass is 35.5. The highest BCUT2D eigenvalue weighted by Gasteiger charge is 2.35. The van der Waals surface area contributed by atoms with E-state index in [0.717, 1.165) is 35.4 Å². The summed E-state index contributed by atoms with van der Waals surface area (Å²) in [6.07, 6.45) is 5.70. The monoisotopic (exact) mass is 502 g/mol. The lowest BCUT2D eigenvalue weighted by Gasteiger charge is -2.39. The molecule has 1 fully saturated rings. The van der Waals surface area contributed by atoms with Crippen molar-refractivity contribution in [3.8, 4) is 5.75 Å². The molecule has 1 aliphatic heterocycles. The Balaban J connectivity index is 1.25. The number of Topliss-reactive ketones (excluding diaryl/α,β-unsaturated/α-hetero) is 1. The summed E-state index contributed by atoms with van der Waals surface area (Å²) >= 11 is 6.09. The number of aryl methyl sites for hydroxylation is 2. The summed E-state index contributed by atoms with van der Waals surface area (Å²) < 4.78 is 12.5. The van der Waals surface area contributed by atoms with Gasteiger partial charge in [-0.15, -0.1) is 0 Å². The van der Waals surface area contributed by atoms with Crippen molar-refractivity contribution in [1.82, 2.24) is 0 Å². The number of fused-ring (bicyclic) bond motifs is 1. The van der Waals surface area contributed by atoms with Crippen LogP contribution in [0.4, 0.5) is 0 Å². The summed E-state index contributed by atoms with van der Waals surface area (Å²) in [5.41, 5.74) is 5.84. The standard InChI is InChI=1S/C32H35ClO3/c1-21(2)30-18-27(23-12-14-28(33)15-13-23)19-36-32(30)26-8-5-9-29(17-26)35-20-31(34)25-11-10-22-6-3-4-7-24(22)16-25/h5,8-17,21,27,30,32H,3-4,6-7,18-20H2,1-2H3/t27-,30-,32-/m0/s1. The van der Waals surface area contributed by atoms with E-state index in [9.17, 15) is 4.79 Å². The number of halogens is 1. The number of hydrogen-bond acceptors (Lipinski definition) is 3. The SMILES string of the molecule is CC(C)[C@@H]1C[C@H](c2ccc(Cl)cc2)CO[C@H]1c1cccc(OCC(=O)c2ccc3c(c2)CCCC3)c1. The molecular weight excluding hydrogens is 468 g/mol. The van der Waals surface area contributed by atoms with Gasteiger partial charge in [-0.1, -0.05) is 61.8 Å². The van der Waals surface area contributed by atoms with Crippen molar-refractivity contribution in [3.05, 3.63) is 99.6 Å². The van der Waals surface area contributed by atoms with Gasteiger partial charge in [0.05, 0.1) is 12.7 Å². The van der Waals surface area contributed by atoms with Crippen molar-refractivity contribution in [1.29, 1.82) is 0 Å². The lowest BCUT2D eigenvalue weighted by molar-refractivity contribution is -0.0552. The molecule has 3 aromatic carbocycles. The Hall–Kier alpha value is -2.62. The van der Waals surface area contributed by atoms with E-state index in [0.29, 0.717) is 30.1 Å². The predicted molar refractivity (Wildman–Crippen MR) is 145 cm³/mol. The summed E-state index contributed by atoms with van der Waals surface area (Å²) in [7, 11) is 0. The zero-order valence-electron chi connectivity index (χ0n) is 21.2. The number of ketones is 1.